The van der Waals surface area contributed by atoms with Gasteiger partial charge in [0.25, 0.3) is 0 Å². The number of nitrogens with two attached hydrogens (primary N) is 1. The van der Waals surface area contributed by atoms with Crippen molar-refractivity contribution in [1.29, 1.82) is 0 Å². The molecule has 0 saturated heterocycles. The third kappa shape index (κ3) is 2.96. The maximum Gasteiger partial charge on any atom is 0.193 e. The van der Waals surface area contributed by atoms with Crippen LogP contribution in [0.15, 0.2) is 17.8 Å². The monoisotopic (exact) mass is 294 g/mol. The Morgan fingerprint density at radius 1 is 1.53 bits per heavy atom. The highest BCUT2D eigenvalue weighted by Gasteiger charge is 2.23. The molecule has 1 aliphatic carbocycles. The molecule has 2 N–H and O–H groups in total. The first kappa shape index (κ1) is 13.0. The minimum atomic E-state index is 0.577. The molecule has 3 rings (SSSR count). The van der Waals surface area contributed by atoms with Gasteiger partial charge in [0.15, 0.2) is 4.96 Å². The zero-order valence-corrected chi connectivity index (χ0v) is 12.4. The first-order chi connectivity index (χ1) is 9.22. The fourth-order valence-electron chi connectivity index (χ4n) is 2.84. The number of thiocarbonyl (C=S) groups is 1. The number of hydrogen-bond donors (Lipinski definition) is 1. The molecule has 1 aliphatic rings. The van der Waals surface area contributed by atoms with Gasteiger partial charge in [-0.3, -0.25) is 9.30 Å². The van der Waals surface area contributed by atoms with Crippen molar-refractivity contribution in [3.8, 4) is 0 Å². The quantitative estimate of drug-likeness (QED) is 0.860. The number of aromatic nitrogens is 2. The van der Waals surface area contributed by atoms with Crippen LogP contribution in [-0.2, 0) is 6.54 Å². The smallest absolute Gasteiger partial charge is 0.193 e. The van der Waals surface area contributed by atoms with E-state index in [-0.39, 0.29) is 0 Å². The van der Waals surface area contributed by atoms with Gasteiger partial charge in [0, 0.05) is 36.9 Å². The Bertz CT molecular complexity index is 539. The molecule has 0 aromatic carbocycles. The first-order valence-corrected chi connectivity index (χ1v) is 7.94. The summed E-state index contributed by atoms with van der Waals surface area (Å²) in [5.74, 6) is 0. The summed E-state index contributed by atoms with van der Waals surface area (Å²) in [4.78, 5) is 8.67. The average Bonchev–Trinajstić information content (AvgIpc) is 3.03. The highest BCUT2D eigenvalue weighted by Crippen LogP contribution is 2.25. The van der Waals surface area contributed by atoms with Gasteiger partial charge in [-0.1, -0.05) is 25.1 Å². The fourth-order valence-corrected chi connectivity index (χ4v) is 3.73. The maximum absolute atomic E-state index is 5.74. The van der Waals surface area contributed by atoms with Gasteiger partial charge < -0.3 is 5.73 Å². The summed E-state index contributed by atoms with van der Waals surface area (Å²) in [7, 11) is 0. The molecule has 6 heteroatoms. The van der Waals surface area contributed by atoms with Crippen LogP contribution in [0.1, 0.15) is 31.4 Å². The van der Waals surface area contributed by atoms with Gasteiger partial charge in [-0.05, 0) is 12.8 Å². The predicted molar refractivity (Wildman–Crippen MR) is 82.5 cm³/mol. The third-order valence-electron chi connectivity index (χ3n) is 3.71. The molecule has 19 heavy (non-hydrogen) atoms. The number of thiazole rings is 1. The van der Waals surface area contributed by atoms with Gasteiger partial charge in [-0.2, -0.15) is 0 Å². The van der Waals surface area contributed by atoms with Crippen molar-refractivity contribution < 1.29 is 0 Å². The van der Waals surface area contributed by atoms with Gasteiger partial charge in [-0.15, -0.1) is 11.3 Å². The average molecular weight is 294 g/mol. The zero-order valence-electron chi connectivity index (χ0n) is 10.8. The lowest BCUT2D eigenvalue weighted by Gasteiger charge is -2.27. The third-order valence-corrected chi connectivity index (χ3v) is 4.61. The van der Waals surface area contributed by atoms with Crippen molar-refractivity contribution in [2.45, 2.75) is 38.3 Å². The Balaban J connectivity index is 1.75. The van der Waals surface area contributed by atoms with E-state index in [1.165, 1.54) is 25.7 Å². The first-order valence-electron chi connectivity index (χ1n) is 6.66. The summed E-state index contributed by atoms with van der Waals surface area (Å²) in [6.07, 6.45) is 9.29. The molecule has 0 bridgehead atoms. The van der Waals surface area contributed by atoms with Gasteiger partial charge in [0.2, 0.25) is 0 Å². The van der Waals surface area contributed by atoms with Crippen LogP contribution in [0.2, 0.25) is 0 Å². The highest BCUT2D eigenvalue weighted by atomic mass is 32.1. The van der Waals surface area contributed by atoms with Crippen LogP contribution in [0.5, 0.6) is 0 Å². The Hall–Kier alpha value is -0.980. The fraction of sp³-hybridized carbons (Fsp3) is 0.538. The van der Waals surface area contributed by atoms with E-state index in [2.05, 4.69) is 25.9 Å². The van der Waals surface area contributed by atoms with Gasteiger partial charge in [0.05, 0.1) is 10.7 Å². The van der Waals surface area contributed by atoms with Crippen molar-refractivity contribution in [3.63, 3.8) is 0 Å². The van der Waals surface area contributed by atoms with Crippen molar-refractivity contribution in [1.82, 2.24) is 14.3 Å². The summed E-state index contributed by atoms with van der Waals surface area (Å²) in [6, 6.07) is 0.612. The molecule has 2 aromatic heterocycles. The number of imidazole rings is 1. The van der Waals surface area contributed by atoms with Gasteiger partial charge >= 0.3 is 0 Å². The molecule has 2 heterocycles. The number of rotatable bonds is 5. The van der Waals surface area contributed by atoms with Crippen molar-refractivity contribution in [3.05, 3.63) is 23.5 Å². The van der Waals surface area contributed by atoms with E-state index in [1.54, 1.807) is 11.3 Å². The van der Waals surface area contributed by atoms with E-state index in [1.807, 2.05) is 6.20 Å². The zero-order chi connectivity index (χ0) is 13.2. The number of hydrogen-bond acceptors (Lipinski definition) is 4. The van der Waals surface area contributed by atoms with Crippen LogP contribution in [0, 0.1) is 0 Å². The van der Waals surface area contributed by atoms with E-state index >= 15 is 0 Å². The molecule has 0 amide bonds. The molecule has 2 aromatic rings. The minimum absolute atomic E-state index is 0.577. The molecule has 4 nitrogen and oxygen atoms in total. The molecule has 0 atom stereocenters. The van der Waals surface area contributed by atoms with Crippen LogP contribution in [0.25, 0.3) is 4.96 Å². The Kier molecular flexibility index (Phi) is 3.81. The molecule has 102 valence electrons. The summed E-state index contributed by atoms with van der Waals surface area (Å²) < 4.78 is 2.08. The lowest BCUT2D eigenvalue weighted by atomic mass is 10.2. The van der Waals surface area contributed by atoms with Crippen molar-refractivity contribution >= 4 is 33.5 Å². The normalized spacial score (nSPS) is 16.7. The largest absolute Gasteiger partial charge is 0.392 e. The van der Waals surface area contributed by atoms with E-state index < -0.39 is 0 Å². The minimum Gasteiger partial charge on any atom is -0.392 e. The van der Waals surface area contributed by atoms with Gasteiger partial charge in [0.1, 0.15) is 0 Å². The van der Waals surface area contributed by atoms with Crippen LogP contribution >= 0.6 is 23.6 Å². The summed E-state index contributed by atoms with van der Waals surface area (Å²) in [5.41, 5.74) is 6.84. The Morgan fingerprint density at radius 3 is 3.00 bits per heavy atom. The molecule has 0 spiro atoms. The molecule has 0 radical (unpaired) electrons. The van der Waals surface area contributed by atoms with E-state index in [9.17, 15) is 0 Å². The number of fused-ring (bicyclic) bond motifs is 1. The number of nitrogens with zero attached hydrogens (tertiary/aromatic N) is 3. The second kappa shape index (κ2) is 5.56. The van der Waals surface area contributed by atoms with Crippen LogP contribution in [-0.4, -0.2) is 31.9 Å². The maximum atomic E-state index is 5.74. The standard InChI is InChI=1S/C13H18N4S2/c14-12(18)9-17(11-3-1-2-4-11)8-10-7-16-5-6-19-13(16)15-10/h5-7,11H,1-4,8-9H2,(H2,14,18). The van der Waals surface area contributed by atoms with E-state index in [0.29, 0.717) is 17.6 Å². The molecular weight excluding hydrogens is 276 g/mol. The van der Waals surface area contributed by atoms with E-state index in [4.69, 9.17) is 18.0 Å². The predicted octanol–water partition coefficient (Wildman–Crippen LogP) is 2.43. The Morgan fingerprint density at radius 2 is 2.32 bits per heavy atom. The highest BCUT2D eigenvalue weighted by molar-refractivity contribution is 7.80. The molecule has 0 aliphatic heterocycles. The molecular formula is C13H18N4S2. The second-order valence-corrected chi connectivity index (χ2v) is 6.53. The Labute approximate surface area is 122 Å². The van der Waals surface area contributed by atoms with Crippen LogP contribution in [0.3, 0.4) is 0 Å². The lowest BCUT2D eigenvalue weighted by Crippen LogP contribution is -2.38. The second-order valence-electron chi connectivity index (χ2n) is 5.13. The van der Waals surface area contributed by atoms with Gasteiger partial charge in [-0.25, -0.2) is 4.98 Å². The van der Waals surface area contributed by atoms with Crippen molar-refractivity contribution in [2.75, 3.05) is 6.54 Å². The summed E-state index contributed by atoms with van der Waals surface area (Å²) >= 11 is 6.75. The van der Waals surface area contributed by atoms with Crippen molar-refractivity contribution in [2.24, 2.45) is 5.73 Å². The van der Waals surface area contributed by atoms with Crippen LogP contribution in [0.4, 0.5) is 0 Å². The van der Waals surface area contributed by atoms with Crippen LogP contribution < -0.4 is 5.73 Å². The summed E-state index contributed by atoms with van der Waals surface area (Å²) in [5, 5.41) is 2.05. The lowest BCUT2D eigenvalue weighted by molar-refractivity contribution is 0.216. The topological polar surface area (TPSA) is 46.6 Å². The molecule has 1 fully saturated rings. The molecule has 1 saturated carbocycles. The SMILES string of the molecule is NC(=S)CN(Cc1cn2ccsc2n1)C1CCCC1. The summed E-state index contributed by atoms with van der Waals surface area (Å²) in [6.45, 7) is 1.54. The molecule has 0 unspecified atom stereocenters. The van der Waals surface area contributed by atoms with E-state index in [0.717, 1.165) is 17.2 Å².